The van der Waals surface area contributed by atoms with Crippen molar-refractivity contribution in [1.82, 2.24) is 10.6 Å². The average Bonchev–Trinajstić information content (AvgIpc) is 3.17. The highest BCUT2D eigenvalue weighted by atomic mass is 16.7. The van der Waals surface area contributed by atoms with Crippen LogP contribution in [0.4, 0.5) is 4.79 Å². The summed E-state index contributed by atoms with van der Waals surface area (Å²) in [6.07, 6.45) is 10.2. The molecular weight excluding hydrogens is 452 g/mol. The molecule has 4 aliphatic rings. The van der Waals surface area contributed by atoms with Gasteiger partial charge in [-0.25, -0.2) is 4.79 Å². The maximum atomic E-state index is 12.2. The number of likely N-dealkylation sites (N-methyl/N-ethyl adjacent to an activating group) is 1. The first-order valence-electron chi connectivity index (χ1n) is 14.6. The fraction of sp³-hybridized carbons (Fsp3) is 0.931. The number of hydrogen-bond acceptors (Lipinski definition) is 5. The van der Waals surface area contributed by atoms with Crippen LogP contribution in [0, 0.1) is 40.4 Å². The zero-order valence-electron chi connectivity index (χ0n) is 23.8. The van der Waals surface area contributed by atoms with Gasteiger partial charge in [-0.05, 0) is 99.2 Å². The Labute approximate surface area is 219 Å². The van der Waals surface area contributed by atoms with Crippen molar-refractivity contribution in [3.8, 4) is 0 Å². The number of fused-ring (bicyclic) bond motifs is 5. The van der Waals surface area contributed by atoms with Crippen molar-refractivity contribution in [2.45, 2.75) is 84.7 Å². The van der Waals surface area contributed by atoms with Gasteiger partial charge in [-0.2, -0.15) is 0 Å². The number of nitrogens with zero attached hydrogens (tertiary/aromatic N) is 2. The van der Waals surface area contributed by atoms with Crippen LogP contribution in [0.5, 0.6) is 0 Å². The van der Waals surface area contributed by atoms with Crippen LogP contribution in [-0.2, 0) is 4.84 Å². The summed E-state index contributed by atoms with van der Waals surface area (Å²) in [6, 6.07) is 0. The fourth-order valence-corrected chi connectivity index (χ4v) is 8.92. The van der Waals surface area contributed by atoms with Crippen LogP contribution < -0.4 is 10.6 Å². The number of nitrogens with one attached hydrogen (secondary N) is 2. The SMILES string of the molecule is C/C(=N\OC(=O)NCCNCC[N+](C)(C)C)[C@H]1CC[C@H]2[C@@H]3CC[C@@H]4C[C@H](O)CC[C@]4(C)[C@H]3CC[C@]12C. The van der Waals surface area contributed by atoms with Crippen LogP contribution in [0.15, 0.2) is 5.16 Å². The summed E-state index contributed by atoms with van der Waals surface area (Å²) in [5, 5.41) is 20.8. The minimum Gasteiger partial charge on any atom is -0.393 e. The number of carbonyl (C=O) groups is 1. The Kier molecular flexibility index (Phi) is 8.43. The lowest BCUT2D eigenvalue weighted by atomic mass is 9.44. The molecule has 0 aromatic carbocycles. The molecule has 0 bridgehead atoms. The summed E-state index contributed by atoms with van der Waals surface area (Å²) >= 11 is 0. The Bertz CT molecular complexity index is 811. The van der Waals surface area contributed by atoms with Crippen LogP contribution in [0.2, 0.25) is 0 Å². The molecular formula is C29H53N4O3+. The Balaban J connectivity index is 1.28. The minimum absolute atomic E-state index is 0.0792. The van der Waals surface area contributed by atoms with Crippen molar-refractivity contribution in [3.05, 3.63) is 0 Å². The van der Waals surface area contributed by atoms with Gasteiger partial charge in [0.15, 0.2) is 0 Å². The molecule has 206 valence electrons. The first-order valence-corrected chi connectivity index (χ1v) is 14.6. The lowest BCUT2D eigenvalue weighted by molar-refractivity contribution is -0.869. The minimum atomic E-state index is -0.461. The molecule has 4 fully saturated rings. The van der Waals surface area contributed by atoms with Crippen molar-refractivity contribution in [2.75, 3.05) is 47.3 Å². The molecule has 7 nitrogen and oxygen atoms in total. The van der Waals surface area contributed by atoms with E-state index in [4.69, 9.17) is 4.84 Å². The highest BCUT2D eigenvalue weighted by molar-refractivity contribution is 5.85. The largest absolute Gasteiger partial charge is 0.433 e. The molecule has 4 aliphatic carbocycles. The molecule has 3 N–H and O–H groups in total. The second-order valence-corrected chi connectivity index (χ2v) is 14.1. The standard InChI is InChI=1S/C29H52N4O3/c1-20(32-36-27(35)31-16-15-30-17-18-33(4,5)6)24-9-10-25-23-8-7-21-19-22(34)11-13-28(21,2)26(23)12-14-29(24,25)3/h21-26,30,34H,7-19H2,1-6H3/p+1/b32-20+/t21-,22-,23+,24-,25+,26+,28+,29-/m1/s1. The summed E-state index contributed by atoms with van der Waals surface area (Å²) in [6.45, 7) is 10.3. The van der Waals surface area contributed by atoms with Crippen molar-refractivity contribution < 1.29 is 19.2 Å². The predicted octanol–water partition coefficient (Wildman–Crippen LogP) is 4.40. The first-order chi connectivity index (χ1) is 16.9. The topological polar surface area (TPSA) is 83.0 Å². The van der Waals surface area contributed by atoms with Gasteiger partial charge < -0.3 is 20.2 Å². The van der Waals surface area contributed by atoms with Gasteiger partial charge in [0.25, 0.3) is 0 Å². The summed E-state index contributed by atoms with van der Waals surface area (Å²) in [7, 11) is 6.51. The second-order valence-electron chi connectivity index (χ2n) is 14.1. The number of quaternary nitrogens is 1. The Morgan fingerprint density at radius 3 is 2.44 bits per heavy atom. The van der Waals surface area contributed by atoms with Crippen molar-refractivity contribution in [3.63, 3.8) is 0 Å². The van der Waals surface area contributed by atoms with E-state index >= 15 is 0 Å². The molecule has 36 heavy (non-hydrogen) atoms. The maximum absolute atomic E-state index is 12.2. The van der Waals surface area contributed by atoms with Crippen molar-refractivity contribution in [1.29, 1.82) is 0 Å². The van der Waals surface area contributed by atoms with Gasteiger partial charge in [0.2, 0.25) is 0 Å². The van der Waals surface area contributed by atoms with E-state index in [0.717, 1.165) is 66.8 Å². The maximum Gasteiger partial charge on any atom is 0.433 e. The van der Waals surface area contributed by atoms with Gasteiger partial charge in [-0.3, -0.25) is 4.84 Å². The van der Waals surface area contributed by atoms with Gasteiger partial charge in [0, 0.05) is 25.6 Å². The molecule has 0 heterocycles. The number of amides is 1. The first kappa shape index (κ1) is 27.8. The summed E-state index contributed by atoms with van der Waals surface area (Å²) in [5.74, 6) is 3.43. The van der Waals surface area contributed by atoms with Gasteiger partial charge in [-0.15, -0.1) is 0 Å². The zero-order valence-corrected chi connectivity index (χ0v) is 23.8. The molecule has 8 atom stereocenters. The monoisotopic (exact) mass is 505 g/mol. The van der Waals surface area contributed by atoms with Crippen LogP contribution in [0.1, 0.15) is 78.6 Å². The number of hydrogen-bond donors (Lipinski definition) is 3. The lowest BCUT2D eigenvalue weighted by Crippen LogP contribution is -2.54. The molecule has 4 saturated carbocycles. The molecule has 0 aromatic rings. The number of oxime groups is 1. The van der Waals surface area contributed by atoms with Crippen LogP contribution >= 0.6 is 0 Å². The van der Waals surface area contributed by atoms with Gasteiger partial charge in [0.05, 0.1) is 39.5 Å². The molecule has 0 spiro atoms. The Morgan fingerprint density at radius 1 is 0.972 bits per heavy atom. The van der Waals surface area contributed by atoms with E-state index in [2.05, 4.69) is 57.7 Å². The smallest absolute Gasteiger partial charge is 0.393 e. The second kappa shape index (κ2) is 10.9. The quantitative estimate of drug-likeness (QED) is 0.150. The molecule has 7 heteroatoms. The van der Waals surface area contributed by atoms with E-state index in [1.165, 1.54) is 38.5 Å². The summed E-state index contributed by atoms with van der Waals surface area (Å²) in [4.78, 5) is 17.5. The van der Waals surface area contributed by atoms with Gasteiger partial charge in [-0.1, -0.05) is 19.0 Å². The van der Waals surface area contributed by atoms with E-state index in [0.29, 0.717) is 23.8 Å². The highest BCUT2D eigenvalue weighted by Crippen LogP contribution is 2.67. The fourth-order valence-electron chi connectivity index (χ4n) is 8.92. The van der Waals surface area contributed by atoms with E-state index in [1.54, 1.807) is 0 Å². The number of aliphatic hydroxyl groups is 1. The van der Waals surface area contributed by atoms with Crippen molar-refractivity contribution in [2.24, 2.45) is 45.6 Å². The predicted molar refractivity (Wildman–Crippen MR) is 145 cm³/mol. The summed E-state index contributed by atoms with van der Waals surface area (Å²) < 4.78 is 0.919. The number of aliphatic hydroxyl groups excluding tert-OH is 1. The third-order valence-corrected chi connectivity index (χ3v) is 10.9. The zero-order chi connectivity index (χ0) is 26.1. The van der Waals surface area contributed by atoms with Crippen LogP contribution in [0.25, 0.3) is 0 Å². The molecule has 4 rings (SSSR count). The molecule has 0 aliphatic heterocycles. The third kappa shape index (κ3) is 5.78. The highest BCUT2D eigenvalue weighted by Gasteiger charge is 2.60. The molecule has 0 saturated heterocycles. The summed E-state index contributed by atoms with van der Waals surface area (Å²) in [5.41, 5.74) is 1.64. The Morgan fingerprint density at radius 2 is 1.69 bits per heavy atom. The van der Waals surface area contributed by atoms with E-state index < -0.39 is 6.09 Å². The van der Waals surface area contributed by atoms with Gasteiger partial charge in [0.1, 0.15) is 0 Å². The van der Waals surface area contributed by atoms with E-state index in [9.17, 15) is 9.90 Å². The molecule has 0 unspecified atom stereocenters. The van der Waals surface area contributed by atoms with E-state index in [-0.39, 0.29) is 11.5 Å². The third-order valence-electron chi connectivity index (χ3n) is 10.9. The number of rotatable bonds is 8. The molecule has 1 amide bonds. The van der Waals surface area contributed by atoms with Crippen LogP contribution in [-0.4, -0.2) is 74.8 Å². The van der Waals surface area contributed by atoms with Crippen molar-refractivity contribution >= 4 is 11.8 Å². The average molecular weight is 506 g/mol. The lowest BCUT2D eigenvalue weighted by Gasteiger charge is -2.61. The molecule has 0 aromatic heterocycles. The van der Waals surface area contributed by atoms with Gasteiger partial charge >= 0.3 is 6.09 Å². The number of carbonyl (C=O) groups excluding carboxylic acids is 1. The normalized spacial score (nSPS) is 40.7. The van der Waals surface area contributed by atoms with E-state index in [1.807, 2.05) is 0 Å². The Hall–Kier alpha value is -1.18. The molecule has 0 radical (unpaired) electrons. The van der Waals surface area contributed by atoms with Crippen LogP contribution in [0.3, 0.4) is 0 Å².